The van der Waals surface area contributed by atoms with Crippen molar-refractivity contribution in [1.82, 2.24) is 0 Å². The van der Waals surface area contributed by atoms with E-state index in [1.807, 2.05) is 0 Å². The zero-order chi connectivity index (χ0) is 13.0. The van der Waals surface area contributed by atoms with Crippen molar-refractivity contribution >= 4 is 11.9 Å². The van der Waals surface area contributed by atoms with Gasteiger partial charge in [0.25, 0.3) is 0 Å². The molecule has 0 bridgehead atoms. The molecule has 0 amide bonds. The van der Waals surface area contributed by atoms with Crippen LogP contribution in [0.15, 0.2) is 54.6 Å². The van der Waals surface area contributed by atoms with Crippen LogP contribution >= 0.6 is 0 Å². The Morgan fingerprint density at radius 2 is 1.44 bits per heavy atom. The maximum absolute atomic E-state index is 11.7. The molecular weight excluding hydrogens is 232 g/mol. The molecule has 2 rings (SSSR count). The highest BCUT2D eigenvalue weighted by molar-refractivity contribution is 5.91. The minimum absolute atomic E-state index is 0.0366. The fourth-order valence-corrected chi connectivity index (χ4v) is 1.40. The second-order valence-corrected chi connectivity index (χ2v) is 3.57. The molecular formula is C14H9O4-. The monoisotopic (exact) mass is 241 g/mol. The van der Waals surface area contributed by atoms with Crippen molar-refractivity contribution in [3.8, 4) is 5.75 Å². The van der Waals surface area contributed by atoms with Gasteiger partial charge in [0, 0.05) is 0 Å². The van der Waals surface area contributed by atoms with E-state index in [2.05, 4.69) is 0 Å². The standard InChI is InChI=1S/C14H10O4/c15-13(16)10-6-8-12(9-7-10)18-14(17)11-4-2-1-3-5-11/h1-9H,(H,15,16)/p-1. The number of ether oxygens (including phenoxy) is 1. The van der Waals surface area contributed by atoms with Gasteiger partial charge < -0.3 is 14.6 Å². The summed E-state index contributed by atoms with van der Waals surface area (Å²) in [7, 11) is 0. The van der Waals surface area contributed by atoms with Gasteiger partial charge in [-0.3, -0.25) is 0 Å². The summed E-state index contributed by atoms with van der Waals surface area (Å²) in [6.45, 7) is 0. The minimum atomic E-state index is -1.27. The van der Waals surface area contributed by atoms with Crippen LogP contribution in [0.2, 0.25) is 0 Å². The topological polar surface area (TPSA) is 66.4 Å². The molecule has 4 heteroatoms. The summed E-state index contributed by atoms with van der Waals surface area (Å²) in [5, 5.41) is 10.5. The fraction of sp³-hybridized carbons (Fsp3) is 0. The molecule has 0 saturated heterocycles. The van der Waals surface area contributed by atoms with E-state index in [1.54, 1.807) is 30.3 Å². The Labute approximate surface area is 103 Å². The maximum atomic E-state index is 11.7. The number of hydrogen-bond acceptors (Lipinski definition) is 4. The van der Waals surface area contributed by atoms with Crippen LogP contribution in [0.3, 0.4) is 0 Å². The van der Waals surface area contributed by atoms with Gasteiger partial charge >= 0.3 is 5.97 Å². The summed E-state index contributed by atoms with van der Waals surface area (Å²) in [6, 6.07) is 14.0. The Bertz CT molecular complexity index is 558. The van der Waals surface area contributed by atoms with Crippen molar-refractivity contribution in [2.45, 2.75) is 0 Å². The Morgan fingerprint density at radius 1 is 0.833 bits per heavy atom. The van der Waals surface area contributed by atoms with E-state index in [0.717, 1.165) is 0 Å². The first-order valence-corrected chi connectivity index (χ1v) is 5.25. The van der Waals surface area contributed by atoms with Crippen molar-refractivity contribution in [2.75, 3.05) is 0 Å². The highest BCUT2D eigenvalue weighted by Gasteiger charge is 2.07. The average molecular weight is 241 g/mol. The second kappa shape index (κ2) is 5.14. The van der Waals surface area contributed by atoms with E-state index in [-0.39, 0.29) is 11.3 Å². The lowest BCUT2D eigenvalue weighted by atomic mass is 10.2. The van der Waals surface area contributed by atoms with E-state index < -0.39 is 11.9 Å². The quantitative estimate of drug-likeness (QED) is 0.599. The van der Waals surface area contributed by atoms with E-state index >= 15 is 0 Å². The van der Waals surface area contributed by atoms with Crippen LogP contribution in [0.5, 0.6) is 5.75 Å². The molecule has 0 aromatic heterocycles. The molecule has 0 aliphatic heterocycles. The molecule has 18 heavy (non-hydrogen) atoms. The first kappa shape index (κ1) is 11.9. The largest absolute Gasteiger partial charge is 0.545 e. The lowest BCUT2D eigenvalue weighted by molar-refractivity contribution is -0.255. The fourth-order valence-electron chi connectivity index (χ4n) is 1.40. The van der Waals surface area contributed by atoms with Gasteiger partial charge in [0.05, 0.1) is 11.5 Å². The summed E-state index contributed by atoms with van der Waals surface area (Å²) >= 11 is 0. The van der Waals surface area contributed by atoms with Gasteiger partial charge in [0.2, 0.25) is 0 Å². The van der Waals surface area contributed by atoms with Crippen molar-refractivity contribution in [1.29, 1.82) is 0 Å². The molecule has 2 aromatic carbocycles. The first-order valence-electron chi connectivity index (χ1n) is 5.25. The summed E-state index contributed by atoms with van der Waals surface area (Å²) in [5.41, 5.74) is 0.469. The van der Waals surface area contributed by atoms with Crippen molar-refractivity contribution in [3.63, 3.8) is 0 Å². The van der Waals surface area contributed by atoms with E-state index in [4.69, 9.17) is 4.74 Å². The number of aromatic carboxylic acids is 1. The number of carboxylic acid groups (broad SMARTS) is 1. The van der Waals surface area contributed by atoms with Gasteiger partial charge in [-0.15, -0.1) is 0 Å². The zero-order valence-electron chi connectivity index (χ0n) is 9.33. The molecule has 0 saturated carbocycles. The van der Waals surface area contributed by atoms with Crippen LogP contribution in [0.4, 0.5) is 0 Å². The highest BCUT2D eigenvalue weighted by atomic mass is 16.5. The molecule has 0 heterocycles. The highest BCUT2D eigenvalue weighted by Crippen LogP contribution is 2.13. The number of carbonyl (C=O) groups is 2. The number of esters is 1. The van der Waals surface area contributed by atoms with Crippen LogP contribution in [0, 0.1) is 0 Å². The first-order chi connectivity index (χ1) is 8.66. The van der Waals surface area contributed by atoms with Gasteiger partial charge in [-0.2, -0.15) is 0 Å². The number of rotatable bonds is 3. The lowest BCUT2D eigenvalue weighted by Gasteiger charge is -2.06. The molecule has 4 nitrogen and oxygen atoms in total. The third kappa shape index (κ3) is 2.74. The number of hydrogen-bond donors (Lipinski definition) is 0. The van der Waals surface area contributed by atoms with Crippen molar-refractivity contribution in [2.24, 2.45) is 0 Å². The van der Waals surface area contributed by atoms with Gasteiger partial charge in [-0.25, -0.2) is 4.79 Å². The second-order valence-electron chi connectivity index (χ2n) is 3.57. The number of carboxylic acids is 1. The Kier molecular flexibility index (Phi) is 3.38. The number of benzene rings is 2. The van der Waals surface area contributed by atoms with Crippen LogP contribution in [-0.4, -0.2) is 11.9 Å². The Balaban J connectivity index is 2.10. The molecule has 0 radical (unpaired) electrons. The molecule has 0 aliphatic carbocycles. The molecule has 0 atom stereocenters. The molecule has 2 aromatic rings. The van der Waals surface area contributed by atoms with E-state index in [1.165, 1.54) is 24.3 Å². The van der Waals surface area contributed by atoms with Crippen LogP contribution in [-0.2, 0) is 0 Å². The SMILES string of the molecule is O=C([O-])c1ccc(OC(=O)c2ccccc2)cc1. The summed E-state index contributed by atoms with van der Waals surface area (Å²) < 4.78 is 5.08. The zero-order valence-corrected chi connectivity index (χ0v) is 9.33. The lowest BCUT2D eigenvalue weighted by Crippen LogP contribution is -2.22. The predicted molar refractivity (Wildman–Crippen MR) is 62.2 cm³/mol. The van der Waals surface area contributed by atoms with Crippen molar-refractivity contribution in [3.05, 3.63) is 65.7 Å². The van der Waals surface area contributed by atoms with Gasteiger partial charge in [-0.05, 0) is 42.0 Å². The summed E-state index contributed by atoms with van der Waals surface area (Å²) in [5.74, 6) is -1.47. The third-order valence-corrected chi connectivity index (χ3v) is 2.31. The third-order valence-electron chi connectivity index (χ3n) is 2.31. The normalized spacial score (nSPS) is 9.78. The van der Waals surface area contributed by atoms with E-state index in [0.29, 0.717) is 5.56 Å². The predicted octanol–water partition coefficient (Wildman–Crippen LogP) is 1.27. The Morgan fingerprint density at radius 3 is 2.00 bits per heavy atom. The molecule has 0 aliphatic rings. The molecule has 0 unspecified atom stereocenters. The Hall–Kier alpha value is -2.62. The van der Waals surface area contributed by atoms with Crippen LogP contribution in [0.25, 0.3) is 0 Å². The molecule has 0 fully saturated rings. The summed E-state index contributed by atoms with van der Waals surface area (Å²) in [4.78, 5) is 22.2. The van der Waals surface area contributed by atoms with Crippen LogP contribution in [0.1, 0.15) is 20.7 Å². The summed E-state index contributed by atoms with van der Waals surface area (Å²) in [6.07, 6.45) is 0. The smallest absolute Gasteiger partial charge is 0.343 e. The van der Waals surface area contributed by atoms with Crippen molar-refractivity contribution < 1.29 is 19.4 Å². The maximum Gasteiger partial charge on any atom is 0.343 e. The van der Waals surface area contributed by atoms with Gasteiger partial charge in [0.15, 0.2) is 0 Å². The minimum Gasteiger partial charge on any atom is -0.545 e. The molecule has 0 N–H and O–H groups in total. The molecule has 0 spiro atoms. The molecule has 90 valence electrons. The average Bonchev–Trinajstić information content (AvgIpc) is 2.40. The number of carbonyl (C=O) groups excluding carboxylic acids is 2. The van der Waals surface area contributed by atoms with E-state index in [9.17, 15) is 14.7 Å². The van der Waals surface area contributed by atoms with Crippen LogP contribution < -0.4 is 9.84 Å². The van der Waals surface area contributed by atoms with Gasteiger partial charge in [-0.1, -0.05) is 18.2 Å². The van der Waals surface area contributed by atoms with Gasteiger partial charge in [0.1, 0.15) is 5.75 Å².